The summed E-state index contributed by atoms with van der Waals surface area (Å²) in [6.07, 6.45) is -4.85. The van der Waals surface area contributed by atoms with Crippen LogP contribution in [0.1, 0.15) is 11.3 Å². The summed E-state index contributed by atoms with van der Waals surface area (Å²) in [5.41, 5.74) is 5.53. The highest BCUT2D eigenvalue weighted by molar-refractivity contribution is 5.40. The third kappa shape index (κ3) is 3.46. The lowest BCUT2D eigenvalue weighted by Gasteiger charge is -2.14. The fourth-order valence-corrected chi connectivity index (χ4v) is 1.29. The minimum absolute atomic E-state index is 0.0818. The van der Waals surface area contributed by atoms with Gasteiger partial charge < -0.3 is 20.3 Å². The van der Waals surface area contributed by atoms with Crippen LogP contribution in [-0.2, 0) is 13.2 Å². The molecule has 1 aromatic heterocycles. The standard InChI is InChI=1S/C9H11F3N2O3/c1-16-8-5(4-15)2-7(14-6(8)3-13)17-9(10,11)12/h2,15H,3-4,13H2,1H3. The average Bonchev–Trinajstić information content (AvgIpc) is 2.25. The van der Waals surface area contributed by atoms with Gasteiger partial charge in [-0.2, -0.15) is 0 Å². The molecule has 17 heavy (non-hydrogen) atoms. The maximum Gasteiger partial charge on any atom is 0.574 e. The van der Waals surface area contributed by atoms with Crippen LogP contribution in [0.4, 0.5) is 13.2 Å². The summed E-state index contributed by atoms with van der Waals surface area (Å²) in [5, 5.41) is 9.01. The maximum atomic E-state index is 12.0. The zero-order valence-corrected chi connectivity index (χ0v) is 8.91. The summed E-state index contributed by atoms with van der Waals surface area (Å²) in [5.74, 6) is -0.521. The molecule has 0 atom stereocenters. The number of hydrogen-bond acceptors (Lipinski definition) is 5. The normalized spacial score (nSPS) is 11.4. The molecular weight excluding hydrogens is 241 g/mol. The lowest BCUT2D eigenvalue weighted by atomic mass is 10.2. The molecular formula is C9H11F3N2O3. The predicted molar refractivity (Wildman–Crippen MR) is 51.3 cm³/mol. The van der Waals surface area contributed by atoms with Crippen molar-refractivity contribution >= 4 is 0 Å². The first-order chi connectivity index (χ1) is 7.91. The quantitative estimate of drug-likeness (QED) is 0.833. The van der Waals surface area contributed by atoms with Gasteiger partial charge in [0, 0.05) is 18.2 Å². The lowest BCUT2D eigenvalue weighted by Crippen LogP contribution is -2.19. The average molecular weight is 252 g/mol. The van der Waals surface area contributed by atoms with Crippen LogP contribution in [-0.4, -0.2) is 23.6 Å². The number of rotatable bonds is 4. The van der Waals surface area contributed by atoms with Crippen molar-refractivity contribution in [3.63, 3.8) is 0 Å². The summed E-state index contributed by atoms with van der Waals surface area (Å²) in [6, 6.07) is 0.950. The smallest absolute Gasteiger partial charge is 0.494 e. The van der Waals surface area contributed by atoms with E-state index in [2.05, 4.69) is 9.72 Å². The molecule has 0 bridgehead atoms. The molecule has 0 fully saturated rings. The third-order valence-corrected chi connectivity index (χ3v) is 1.88. The number of pyridine rings is 1. The first-order valence-corrected chi connectivity index (χ1v) is 4.54. The SMILES string of the molecule is COc1c(CO)cc(OC(F)(F)F)nc1CN. The summed E-state index contributed by atoms with van der Waals surface area (Å²) in [6.45, 7) is -0.641. The first-order valence-electron chi connectivity index (χ1n) is 4.54. The fraction of sp³-hybridized carbons (Fsp3) is 0.444. The molecule has 3 N–H and O–H groups in total. The van der Waals surface area contributed by atoms with Gasteiger partial charge in [-0.3, -0.25) is 0 Å². The monoisotopic (exact) mass is 252 g/mol. The van der Waals surface area contributed by atoms with E-state index in [1.807, 2.05) is 0 Å². The Balaban J connectivity index is 3.18. The minimum atomic E-state index is -4.85. The van der Waals surface area contributed by atoms with Crippen LogP contribution >= 0.6 is 0 Å². The zero-order chi connectivity index (χ0) is 13.1. The van der Waals surface area contributed by atoms with E-state index in [4.69, 9.17) is 15.6 Å². The molecule has 0 aromatic carbocycles. The van der Waals surface area contributed by atoms with Crippen molar-refractivity contribution in [3.05, 3.63) is 17.3 Å². The van der Waals surface area contributed by atoms with E-state index in [0.29, 0.717) is 0 Å². The van der Waals surface area contributed by atoms with Gasteiger partial charge >= 0.3 is 6.36 Å². The first kappa shape index (κ1) is 13.5. The third-order valence-electron chi connectivity index (χ3n) is 1.88. The fourth-order valence-electron chi connectivity index (χ4n) is 1.29. The minimum Gasteiger partial charge on any atom is -0.494 e. The van der Waals surface area contributed by atoms with Crippen LogP contribution in [0.25, 0.3) is 0 Å². The number of ether oxygens (including phenoxy) is 2. The highest BCUT2D eigenvalue weighted by Gasteiger charge is 2.32. The number of aliphatic hydroxyl groups is 1. The van der Waals surface area contributed by atoms with Gasteiger partial charge in [-0.05, 0) is 0 Å². The van der Waals surface area contributed by atoms with Gasteiger partial charge in [-0.1, -0.05) is 0 Å². The molecule has 5 nitrogen and oxygen atoms in total. The van der Waals surface area contributed by atoms with Gasteiger partial charge in [0.2, 0.25) is 5.88 Å². The van der Waals surface area contributed by atoms with Crippen molar-refractivity contribution in [1.29, 1.82) is 0 Å². The molecule has 0 radical (unpaired) electrons. The number of alkyl halides is 3. The van der Waals surface area contributed by atoms with Crippen molar-refractivity contribution < 1.29 is 27.8 Å². The molecule has 0 aliphatic rings. The molecule has 0 unspecified atom stereocenters. The van der Waals surface area contributed by atoms with Crippen molar-refractivity contribution in [3.8, 4) is 11.6 Å². The van der Waals surface area contributed by atoms with E-state index in [1.165, 1.54) is 7.11 Å². The van der Waals surface area contributed by atoms with Crippen LogP contribution < -0.4 is 15.2 Å². The molecule has 0 saturated heterocycles. The predicted octanol–water partition coefficient (Wildman–Crippen LogP) is 0.940. The maximum absolute atomic E-state index is 12.0. The summed E-state index contributed by atoms with van der Waals surface area (Å²) in [4.78, 5) is 3.55. The van der Waals surface area contributed by atoms with Gasteiger partial charge in [0.15, 0.2) is 0 Å². The van der Waals surface area contributed by atoms with E-state index in [0.717, 1.165) is 6.07 Å². The van der Waals surface area contributed by atoms with Gasteiger partial charge in [0.1, 0.15) is 11.4 Å². The molecule has 1 rings (SSSR count). The van der Waals surface area contributed by atoms with Crippen LogP contribution in [0.3, 0.4) is 0 Å². The van der Waals surface area contributed by atoms with E-state index in [9.17, 15) is 13.2 Å². The molecule has 0 aliphatic carbocycles. The second-order valence-corrected chi connectivity index (χ2v) is 3.01. The molecule has 1 aromatic rings. The van der Waals surface area contributed by atoms with Gasteiger partial charge in [0.05, 0.1) is 13.7 Å². The van der Waals surface area contributed by atoms with Gasteiger partial charge in [-0.25, -0.2) is 4.98 Å². The molecule has 8 heteroatoms. The molecule has 1 heterocycles. The number of hydrogen-bond donors (Lipinski definition) is 2. The molecule has 0 aliphatic heterocycles. The van der Waals surface area contributed by atoms with Crippen LogP contribution in [0.15, 0.2) is 6.07 Å². The Kier molecular flexibility index (Phi) is 4.13. The van der Waals surface area contributed by atoms with Crippen molar-refractivity contribution in [1.82, 2.24) is 4.98 Å². The van der Waals surface area contributed by atoms with Crippen molar-refractivity contribution in [2.75, 3.05) is 7.11 Å². The largest absolute Gasteiger partial charge is 0.574 e. The number of nitrogens with two attached hydrogens (primary N) is 1. The number of halogens is 3. The van der Waals surface area contributed by atoms with E-state index in [-0.39, 0.29) is 23.6 Å². The molecule has 96 valence electrons. The Morgan fingerprint density at radius 3 is 2.53 bits per heavy atom. The van der Waals surface area contributed by atoms with E-state index >= 15 is 0 Å². The second-order valence-electron chi connectivity index (χ2n) is 3.01. The number of methoxy groups -OCH3 is 1. The molecule has 0 spiro atoms. The van der Waals surface area contributed by atoms with Gasteiger partial charge in [-0.15, -0.1) is 13.2 Å². The van der Waals surface area contributed by atoms with Crippen LogP contribution in [0, 0.1) is 0 Å². The van der Waals surface area contributed by atoms with Crippen LogP contribution in [0.2, 0.25) is 0 Å². The van der Waals surface area contributed by atoms with E-state index in [1.54, 1.807) is 0 Å². The number of aliphatic hydroxyl groups excluding tert-OH is 1. The summed E-state index contributed by atoms with van der Waals surface area (Å²) >= 11 is 0. The topological polar surface area (TPSA) is 77.6 Å². The summed E-state index contributed by atoms with van der Waals surface area (Å²) in [7, 11) is 1.31. The number of nitrogens with zero attached hydrogens (tertiary/aromatic N) is 1. The Labute approximate surface area is 95.0 Å². The highest BCUT2D eigenvalue weighted by Crippen LogP contribution is 2.29. The Morgan fingerprint density at radius 2 is 2.12 bits per heavy atom. The van der Waals surface area contributed by atoms with Crippen molar-refractivity contribution in [2.45, 2.75) is 19.5 Å². The van der Waals surface area contributed by atoms with Crippen molar-refractivity contribution in [2.24, 2.45) is 5.73 Å². The van der Waals surface area contributed by atoms with E-state index < -0.39 is 18.8 Å². The Bertz CT molecular complexity index is 371. The molecule has 0 saturated carbocycles. The highest BCUT2D eigenvalue weighted by atomic mass is 19.4. The second kappa shape index (κ2) is 5.19. The molecule has 0 amide bonds. The van der Waals surface area contributed by atoms with Crippen LogP contribution in [0.5, 0.6) is 11.6 Å². The number of aromatic nitrogens is 1. The van der Waals surface area contributed by atoms with Gasteiger partial charge in [0.25, 0.3) is 0 Å². The lowest BCUT2D eigenvalue weighted by molar-refractivity contribution is -0.276. The zero-order valence-electron chi connectivity index (χ0n) is 8.91. The Morgan fingerprint density at radius 1 is 1.47 bits per heavy atom. The Hall–Kier alpha value is -1.54. The summed E-state index contributed by atoms with van der Waals surface area (Å²) < 4.78 is 44.6.